The highest BCUT2D eigenvalue weighted by Crippen LogP contribution is 2.43. The highest BCUT2D eigenvalue weighted by atomic mass is 16.1. The lowest BCUT2D eigenvalue weighted by atomic mass is 9.94. The highest BCUT2D eigenvalue weighted by Gasteiger charge is 2.31. The van der Waals surface area contributed by atoms with Gasteiger partial charge in [0.1, 0.15) is 0 Å². The van der Waals surface area contributed by atoms with E-state index in [4.69, 9.17) is 5.10 Å². The molecule has 124 valence electrons. The monoisotopic (exact) mass is 313 g/mol. The topological polar surface area (TPSA) is 46.9 Å². The Hall–Kier alpha value is -1.58. The molecule has 0 aliphatic heterocycles. The van der Waals surface area contributed by atoms with Gasteiger partial charge in [0.05, 0.1) is 18.3 Å². The molecule has 0 saturated heterocycles. The summed E-state index contributed by atoms with van der Waals surface area (Å²) in [6.45, 7) is 0.582. The number of allylic oxidation sites excluding steroid dienone is 2. The van der Waals surface area contributed by atoms with Crippen LogP contribution in [0.5, 0.6) is 0 Å². The van der Waals surface area contributed by atoms with Gasteiger partial charge in [-0.3, -0.25) is 9.48 Å². The molecule has 1 amide bonds. The van der Waals surface area contributed by atoms with Crippen LogP contribution in [0, 0.1) is 5.92 Å². The standard InChI is InChI=1S/C19H27N3O/c23-19(15-6-2-1-3-7-15)20-13-16-12-18(14-10-11-14)22(21-16)17-8-4-5-9-17/h1-2,12,14-15,17H,3-11,13H2,(H,20,23)/t15-/m1/s1. The predicted octanol–water partition coefficient (Wildman–Crippen LogP) is 3.85. The number of carbonyl (C=O) groups excluding carboxylic acids is 1. The van der Waals surface area contributed by atoms with Crippen LogP contribution >= 0.6 is 0 Å². The van der Waals surface area contributed by atoms with E-state index in [2.05, 4.69) is 28.2 Å². The Kier molecular flexibility index (Phi) is 4.23. The van der Waals surface area contributed by atoms with E-state index in [-0.39, 0.29) is 11.8 Å². The Labute approximate surface area is 138 Å². The number of amides is 1. The number of hydrogen-bond acceptors (Lipinski definition) is 2. The molecule has 0 spiro atoms. The van der Waals surface area contributed by atoms with Crippen molar-refractivity contribution in [3.05, 3.63) is 29.6 Å². The molecule has 1 aromatic heterocycles. The predicted molar refractivity (Wildman–Crippen MR) is 90.0 cm³/mol. The van der Waals surface area contributed by atoms with Gasteiger partial charge in [0.2, 0.25) is 5.91 Å². The maximum atomic E-state index is 12.3. The van der Waals surface area contributed by atoms with E-state index < -0.39 is 0 Å². The molecule has 4 rings (SSSR count). The average Bonchev–Trinajstić information content (AvgIpc) is 3.12. The Morgan fingerprint density at radius 2 is 2.00 bits per heavy atom. The van der Waals surface area contributed by atoms with E-state index in [9.17, 15) is 4.79 Å². The Bertz CT molecular complexity index is 594. The van der Waals surface area contributed by atoms with Crippen LogP contribution in [0.1, 0.15) is 81.1 Å². The van der Waals surface area contributed by atoms with Crippen molar-refractivity contribution in [1.82, 2.24) is 15.1 Å². The summed E-state index contributed by atoms with van der Waals surface area (Å²) in [4.78, 5) is 12.3. The van der Waals surface area contributed by atoms with Crippen LogP contribution in [0.25, 0.3) is 0 Å². The van der Waals surface area contributed by atoms with E-state index in [1.165, 1.54) is 44.2 Å². The van der Waals surface area contributed by atoms with Crippen LogP contribution in [-0.2, 0) is 11.3 Å². The van der Waals surface area contributed by atoms with Gasteiger partial charge in [-0.05, 0) is 51.0 Å². The summed E-state index contributed by atoms with van der Waals surface area (Å²) in [5.74, 6) is 1.06. The zero-order valence-corrected chi connectivity index (χ0v) is 13.8. The number of carbonyl (C=O) groups is 1. The molecule has 0 bridgehead atoms. The molecule has 0 aromatic carbocycles. The highest BCUT2D eigenvalue weighted by molar-refractivity contribution is 5.78. The summed E-state index contributed by atoms with van der Waals surface area (Å²) in [5.41, 5.74) is 2.46. The van der Waals surface area contributed by atoms with Crippen LogP contribution in [0.4, 0.5) is 0 Å². The summed E-state index contributed by atoms with van der Waals surface area (Å²) in [5, 5.41) is 7.97. The molecule has 3 aliphatic carbocycles. The number of aromatic nitrogens is 2. The first-order valence-corrected chi connectivity index (χ1v) is 9.32. The molecule has 4 nitrogen and oxygen atoms in total. The van der Waals surface area contributed by atoms with E-state index in [1.54, 1.807) is 0 Å². The zero-order chi connectivity index (χ0) is 15.6. The smallest absolute Gasteiger partial charge is 0.223 e. The van der Waals surface area contributed by atoms with Crippen molar-refractivity contribution in [2.45, 2.75) is 76.3 Å². The molecular formula is C19H27N3O. The van der Waals surface area contributed by atoms with Gasteiger partial charge in [0, 0.05) is 17.5 Å². The second-order valence-electron chi connectivity index (χ2n) is 7.42. The lowest BCUT2D eigenvalue weighted by Gasteiger charge is -2.16. The lowest BCUT2D eigenvalue weighted by Crippen LogP contribution is -2.30. The van der Waals surface area contributed by atoms with Crippen molar-refractivity contribution in [2.24, 2.45) is 5.92 Å². The molecule has 1 heterocycles. The largest absolute Gasteiger partial charge is 0.350 e. The van der Waals surface area contributed by atoms with E-state index in [0.717, 1.165) is 30.9 Å². The van der Waals surface area contributed by atoms with Gasteiger partial charge in [-0.25, -0.2) is 0 Å². The molecule has 23 heavy (non-hydrogen) atoms. The van der Waals surface area contributed by atoms with Crippen LogP contribution in [0.2, 0.25) is 0 Å². The minimum Gasteiger partial charge on any atom is -0.350 e. The fourth-order valence-corrected chi connectivity index (χ4v) is 4.03. The molecule has 0 unspecified atom stereocenters. The molecule has 2 saturated carbocycles. The summed E-state index contributed by atoms with van der Waals surface area (Å²) < 4.78 is 2.30. The van der Waals surface area contributed by atoms with Crippen LogP contribution in [0.3, 0.4) is 0 Å². The van der Waals surface area contributed by atoms with Crippen molar-refractivity contribution in [3.63, 3.8) is 0 Å². The Morgan fingerprint density at radius 1 is 1.17 bits per heavy atom. The number of nitrogens with zero attached hydrogens (tertiary/aromatic N) is 2. The molecule has 4 heteroatoms. The van der Waals surface area contributed by atoms with Crippen molar-refractivity contribution < 1.29 is 4.79 Å². The molecule has 1 N–H and O–H groups in total. The molecule has 1 aromatic rings. The zero-order valence-electron chi connectivity index (χ0n) is 13.8. The first-order valence-electron chi connectivity index (χ1n) is 9.32. The van der Waals surface area contributed by atoms with Gasteiger partial charge >= 0.3 is 0 Å². The van der Waals surface area contributed by atoms with Crippen molar-refractivity contribution in [3.8, 4) is 0 Å². The van der Waals surface area contributed by atoms with E-state index in [1.807, 2.05) is 0 Å². The summed E-state index contributed by atoms with van der Waals surface area (Å²) in [6, 6.07) is 2.84. The van der Waals surface area contributed by atoms with Crippen LogP contribution in [-0.4, -0.2) is 15.7 Å². The summed E-state index contributed by atoms with van der Waals surface area (Å²) >= 11 is 0. The van der Waals surface area contributed by atoms with Crippen LogP contribution < -0.4 is 5.32 Å². The van der Waals surface area contributed by atoms with Crippen molar-refractivity contribution in [2.75, 3.05) is 0 Å². The van der Waals surface area contributed by atoms with Crippen molar-refractivity contribution >= 4 is 5.91 Å². The third-order valence-electron chi connectivity index (χ3n) is 5.57. The quantitative estimate of drug-likeness (QED) is 0.839. The normalized spacial score (nSPS) is 25.0. The Morgan fingerprint density at radius 3 is 2.70 bits per heavy atom. The fraction of sp³-hybridized carbons (Fsp3) is 0.684. The molecule has 1 atom stereocenters. The third-order valence-corrected chi connectivity index (χ3v) is 5.57. The first kappa shape index (κ1) is 15.0. The lowest BCUT2D eigenvalue weighted by molar-refractivity contribution is -0.125. The van der Waals surface area contributed by atoms with Gasteiger partial charge in [-0.2, -0.15) is 5.10 Å². The minimum absolute atomic E-state index is 0.153. The first-order chi connectivity index (χ1) is 11.3. The maximum Gasteiger partial charge on any atom is 0.223 e. The SMILES string of the molecule is O=C(NCc1cc(C2CC2)n(C2CCCC2)n1)[C@@H]1CC=CCC1. The number of hydrogen-bond donors (Lipinski definition) is 1. The average molecular weight is 313 g/mol. The molecule has 3 aliphatic rings. The molecule has 2 fully saturated rings. The van der Waals surface area contributed by atoms with Gasteiger partial charge < -0.3 is 5.32 Å². The summed E-state index contributed by atoms with van der Waals surface area (Å²) in [6.07, 6.45) is 15.0. The second-order valence-corrected chi connectivity index (χ2v) is 7.42. The van der Waals surface area contributed by atoms with Gasteiger partial charge in [-0.1, -0.05) is 25.0 Å². The molecular weight excluding hydrogens is 286 g/mol. The minimum atomic E-state index is 0.153. The van der Waals surface area contributed by atoms with E-state index >= 15 is 0 Å². The van der Waals surface area contributed by atoms with E-state index in [0.29, 0.717) is 12.6 Å². The fourth-order valence-electron chi connectivity index (χ4n) is 4.03. The summed E-state index contributed by atoms with van der Waals surface area (Å²) in [7, 11) is 0. The second kappa shape index (κ2) is 6.50. The number of nitrogens with one attached hydrogen (secondary N) is 1. The number of rotatable bonds is 5. The van der Waals surface area contributed by atoms with Crippen molar-refractivity contribution in [1.29, 1.82) is 0 Å². The molecule has 0 radical (unpaired) electrons. The van der Waals surface area contributed by atoms with Crippen LogP contribution in [0.15, 0.2) is 18.2 Å². The van der Waals surface area contributed by atoms with Gasteiger partial charge in [-0.15, -0.1) is 0 Å². The van der Waals surface area contributed by atoms with Gasteiger partial charge in [0.25, 0.3) is 0 Å². The van der Waals surface area contributed by atoms with Gasteiger partial charge in [0.15, 0.2) is 0 Å². The maximum absolute atomic E-state index is 12.3. The third kappa shape index (κ3) is 3.36. The Balaban J connectivity index is 1.41.